The van der Waals surface area contributed by atoms with Crippen LogP contribution in [0.15, 0.2) is 30.5 Å². The van der Waals surface area contributed by atoms with Gasteiger partial charge in [0, 0.05) is 32.3 Å². The number of carbonyl (C=O) groups excluding carboxylic acids is 2. The third-order valence-corrected chi connectivity index (χ3v) is 4.66. The van der Waals surface area contributed by atoms with Gasteiger partial charge in [0.05, 0.1) is 18.8 Å². The average molecular weight is 371 g/mol. The Morgan fingerprint density at radius 1 is 1.37 bits per heavy atom. The summed E-state index contributed by atoms with van der Waals surface area (Å²) < 4.78 is 6.61. The van der Waals surface area contributed by atoms with Crippen LogP contribution in [0.5, 0.6) is 0 Å². The lowest BCUT2D eigenvalue weighted by Gasteiger charge is -2.32. The Morgan fingerprint density at radius 3 is 3.00 bits per heavy atom. The van der Waals surface area contributed by atoms with Gasteiger partial charge >= 0.3 is 0 Å². The van der Waals surface area contributed by atoms with Crippen molar-refractivity contribution in [2.45, 2.75) is 25.8 Å². The zero-order valence-electron chi connectivity index (χ0n) is 15.7. The van der Waals surface area contributed by atoms with Crippen molar-refractivity contribution >= 4 is 11.8 Å². The van der Waals surface area contributed by atoms with Crippen molar-refractivity contribution in [1.82, 2.24) is 25.2 Å². The van der Waals surface area contributed by atoms with Crippen LogP contribution in [0, 0.1) is 6.92 Å². The second-order valence-electron chi connectivity index (χ2n) is 6.75. The minimum absolute atomic E-state index is 0.0144. The summed E-state index contributed by atoms with van der Waals surface area (Å²) in [7, 11) is 1.58. The van der Waals surface area contributed by atoms with E-state index in [9.17, 15) is 9.59 Å². The maximum atomic E-state index is 12.8. The van der Waals surface area contributed by atoms with Gasteiger partial charge in [-0.3, -0.25) is 9.59 Å². The highest BCUT2D eigenvalue weighted by molar-refractivity contribution is 5.94. The molecule has 0 aliphatic carbocycles. The number of piperidine rings is 1. The Balaban J connectivity index is 1.64. The lowest BCUT2D eigenvalue weighted by molar-refractivity contribution is 0.0671. The second kappa shape index (κ2) is 8.77. The number of nitrogens with one attached hydrogen (secondary N) is 1. The predicted molar refractivity (Wildman–Crippen MR) is 99.6 cm³/mol. The van der Waals surface area contributed by atoms with Crippen LogP contribution < -0.4 is 5.32 Å². The number of hydrogen-bond donors (Lipinski definition) is 1. The first-order valence-corrected chi connectivity index (χ1v) is 9.13. The van der Waals surface area contributed by atoms with Crippen molar-refractivity contribution in [1.29, 1.82) is 0 Å². The summed E-state index contributed by atoms with van der Waals surface area (Å²) in [6, 6.07) is 7.64. The third kappa shape index (κ3) is 4.71. The van der Waals surface area contributed by atoms with Gasteiger partial charge in [0.1, 0.15) is 0 Å². The molecule has 3 rings (SSSR count). The second-order valence-corrected chi connectivity index (χ2v) is 6.75. The van der Waals surface area contributed by atoms with E-state index in [4.69, 9.17) is 4.74 Å². The zero-order chi connectivity index (χ0) is 19.2. The van der Waals surface area contributed by atoms with E-state index in [1.807, 2.05) is 36.1 Å². The van der Waals surface area contributed by atoms with E-state index in [1.165, 1.54) is 0 Å². The molecule has 1 atom stereocenters. The van der Waals surface area contributed by atoms with Gasteiger partial charge in [0.2, 0.25) is 0 Å². The normalized spacial score (nSPS) is 17.0. The number of aromatic nitrogens is 3. The Hall–Kier alpha value is -2.74. The molecule has 1 aromatic heterocycles. The number of hydrogen-bond acceptors (Lipinski definition) is 5. The molecular weight excluding hydrogens is 346 g/mol. The molecule has 0 radical (unpaired) electrons. The number of ether oxygens (including phenoxy) is 1. The van der Waals surface area contributed by atoms with Gasteiger partial charge in [0.15, 0.2) is 5.69 Å². The zero-order valence-corrected chi connectivity index (χ0v) is 15.7. The van der Waals surface area contributed by atoms with Crippen molar-refractivity contribution in [2.24, 2.45) is 0 Å². The van der Waals surface area contributed by atoms with Crippen molar-refractivity contribution in [3.8, 4) is 0 Å². The molecule has 1 aliphatic rings. The van der Waals surface area contributed by atoms with Crippen LogP contribution in [0.25, 0.3) is 0 Å². The van der Waals surface area contributed by atoms with Gasteiger partial charge in [-0.25, -0.2) is 4.68 Å². The lowest BCUT2D eigenvalue weighted by Crippen LogP contribution is -2.40. The number of nitrogens with zero attached hydrogens (tertiary/aromatic N) is 4. The highest BCUT2D eigenvalue weighted by Crippen LogP contribution is 2.22. The van der Waals surface area contributed by atoms with E-state index in [2.05, 4.69) is 15.6 Å². The lowest BCUT2D eigenvalue weighted by atomic mass is 10.0. The molecule has 1 saturated heterocycles. The fraction of sp³-hybridized carbons (Fsp3) is 0.474. The minimum Gasteiger partial charge on any atom is -0.383 e. The summed E-state index contributed by atoms with van der Waals surface area (Å²) >= 11 is 0. The molecule has 144 valence electrons. The van der Waals surface area contributed by atoms with Crippen LogP contribution in [-0.2, 0) is 4.74 Å². The molecule has 0 bridgehead atoms. The van der Waals surface area contributed by atoms with E-state index in [1.54, 1.807) is 18.0 Å². The molecule has 2 amide bonds. The summed E-state index contributed by atoms with van der Waals surface area (Å²) in [4.78, 5) is 26.7. The van der Waals surface area contributed by atoms with Crippen molar-refractivity contribution in [2.75, 3.05) is 33.4 Å². The van der Waals surface area contributed by atoms with Crippen LogP contribution in [-0.4, -0.2) is 65.1 Å². The molecule has 27 heavy (non-hydrogen) atoms. The largest absolute Gasteiger partial charge is 0.383 e. The van der Waals surface area contributed by atoms with Crippen LogP contribution >= 0.6 is 0 Å². The maximum absolute atomic E-state index is 12.8. The minimum atomic E-state index is -0.276. The molecule has 1 aliphatic heterocycles. The number of likely N-dealkylation sites (tertiary alicyclic amines) is 1. The van der Waals surface area contributed by atoms with Crippen molar-refractivity contribution in [3.05, 3.63) is 47.3 Å². The molecule has 2 aromatic rings. The quantitative estimate of drug-likeness (QED) is 0.776. The maximum Gasteiger partial charge on any atom is 0.273 e. The Labute approximate surface area is 158 Å². The smallest absolute Gasteiger partial charge is 0.273 e. The van der Waals surface area contributed by atoms with Crippen molar-refractivity contribution in [3.63, 3.8) is 0 Å². The molecule has 8 nitrogen and oxygen atoms in total. The summed E-state index contributed by atoms with van der Waals surface area (Å²) in [5.74, 6) is -0.247. The van der Waals surface area contributed by atoms with Gasteiger partial charge in [-0.2, -0.15) is 0 Å². The number of amides is 2. The van der Waals surface area contributed by atoms with E-state index < -0.39 is 0 Å². The summed E-state index contributed by atoms with van der Waals surface area (Å²) in [5.41, 5.74) is 2.04. The fourth-order valence-corrected chi connectivity index (χ4v) is 3.23. The molecular formula is C19H25N5O3. The first kappa shape index (κ1) is 19.0. The monoisotopic (exact) mass is 371 g/mol. The molecule has 1 N–H and O–H groups in total. The topological polar surface area (TPSA) is 89.4 Å². The Morgan fingerprint density at radius 2 is 2.22 bits per heavy atom. The molecule has 2 heterocycles. The van der Waals surface area contributed by atoms with Crippen LogP contribution in [0.3, 0.4) is 0 Å². The number of rotatable bonds is 6. The molecule has 1 fully saturated rings. The van der Waals surface area contributed by atoms with Crippen molar-refractivity contribution < 1.29 is 14.3 Å². The molecule has 0 spiro atoms. The highest BCUT2D eigenvalue weighted by Gasteiger charge is 2.27. The summed E-state index contributed by atoms with van der Waals surface area (Å²) in [6.07, 6.45) is 3.43. The van der Waals surface area contributed by atoms with Crippen LogP contribution in [0.1, 0.15) is 45.3 Å². The summed E-state index contributed by atoms with van der Waals surface area (Å²) in [5, 5.41) is 10.8. The number of aryl methyl sites for hydroxylation is 1. The number of benzene rings is 1. The van der Waals surface area contributed by atoms with Gasteiger partial charge in [0.25, 0.3) is 11.8 Å². The van der Waals surface area contributed by atoms with E-state index in [-0.39, 0.29) is 23.6 Å². The van der Waals surface area contributed by atoms with E-state index >= 15 is 0 Å². The SMILES string of the molecule is COCCNC(=O)c1cn(C2CCCN(C(=O)c3cccc(C)c3)C2)nn1. The van der Waals surface area contributed by atoms with Crippen LogP contribution in [0.2, 0.25) is 0 Å². The standard InChI is InChI=1S/C19H25N5O3/c1-14-5-3-6-15(11-14)19(26)23-9-4-7-16(12-23)24-13-17(21-22-24)18(25)20-8-10-27-2/h3,5-6,11,13,16H,4,7-10,12H2,1-2H3,(H,20,25). The summed E-state index contributed by atoms with van der Waals surface area (Å²) in [6.45, 7) is 4.12. The fourth-order valence-electron chi connectivity index (χ4n) is 3.23. The molecule has 0 saturated carbocycles. The predicted octanol–water partition coefficient (Wildman–Crippen LogP) is 1.44. The molecule has 1 unspecified atom stereocenters. The highest BCUT2D eigenvalue weighted by atomic mass is 16.5. The van der Waals surface area contributed by atoms with E-state index in [0.717, 1.165) is 24.9 Å². The van der Waals surface area contributed by atoms with Gasteiger partial charge < -0.3 is 15.0 Å². The third-order valence-electron chi connectivity index (χ3n) is 4.66. The first-order chi connectivity index (χ1) is 13.1. The average Bonchev–Trinajstić information content (AvgIpc) is 3.18. The van der Waals surface area contributed by atoms with Gasteiger partial charge in [-0.05, 0) is 31.9 Å². The Kier molecular flexibility index (Phi) is 6.18. The van der Waals surface area contributed by atoms with Crippen LogP contribution in [0.4, 0.5) is 0 Å². The van der Waals surface area contributed by atoms with E-state index in [0.29, 0.717) is 25.3 Å². The Bertz CT molecular complexity index is 804. The first-order valence-electron chi connectivity index (χ1n) is 9.13. The van der Waals surface area contributed by atoms with Gasteiger partial charge in [-0.1, -0.05) is 22.9 Å². The van der Waals surface area contributed by atoms with Gasteiger partial charge in [-0.15, -0.1) is 5.10 Å². The molecule has 1 aromatic carbocycles. The molecule has 8 heteroatoms. The number of methoxy groups -OCH3 is 1. The number of carbonyl (C=O) groups is 2.